The minimum Gasteiger partial charge on any atom is -0.544 e. The van der Waals surface area contributed by atoms with E-state index >= 15 is 0 Å². The van der Waals surface area contributed by atoms with E-state index in [1.165, 1.54) is 32.9 Å². The van der Waals surface area contributed by atoms with Crippen molar-refractivity contribution in [1.82, 2.24) is 10.6 Å². The molecule has 0 bridgehead atoms. The van der Waals surface area contributed by atoms with Gasteiger partial charge in [-0.15, -0.1) is 0 Å². The Morgan fingerprint density at radius 1 is 0.546 bits per heavy atom. The number of aliphatic carboxylic acids is 1. The van der Waals surface area contributed by atoms with E-state index in [2.05, 4.69) is 41.3 Å². The molecule has 34 heteroatoms. The number of hydrogen-bond donors (Lipinski definition) is 4. The van der Waals surface area contributed by atoms with Crippen LogP contribution in [0.2, 0.25) is 0 Å². The number of allylic oxidation sites excluding steroid dienone is 8. The second kappa shape index (κ2) is 41.2. The summed E-state index contributed by atoms with van der Waals surface area (Å²) >= 11 is 0. The van der Waals surface area contributed by atoms with Crippen molar-refractivity contribution in [3.8, 4) is 0 Å². The van der Waals surface area contributed by atoms with Crippen LogP contribution in [0.3, 0.4) is 0 Å². The quantitative estimate of drug-likeness (QED) is 0.00882. The van der Waals surface area contributed by atoms with Gasteiger partial charge in [-0.05, 0) is 99.1 Å². The molecule has 0 aromatic heterocycles. The maximum absolute atomic E-state index is 13.5. The van der Waals surface area contributed by atoms with Gasteiger partial charge in [-0.2, -0.15) is 0 Å². The Balaban J connectivity index is 0.000000332. The number of esters is 5. The standard InChI is InChI=1S/C45H53N5O14.C40H47N5O10/c1-23(22-60-27(5)51)40(62-29(7)53)42-37(49-35(55)21-47-50-46)33(61-28(6)52)19-45(64-42,43(58)59)63-41(30-13-11-10-12-14-30)31-15-17-32(18-16-31)48-34(54)20-44(8,9)36-26(4)38(56)24(2)25(3)39(36)57;1-21-22(2)36(51)33(23(3)35(21)50)40(7,8)18-31(48)43-29-16-14-28(15-17-29)38(27-12-10-9-11-13-27)55-39-34(44-32(49)19-42-45-41)24(4)37(53-26(6)47)30(54-39)20-52-25(5)46/h10-18,23,33,37,40-42H,19-22H2,1-9H3,(H,48,54)(H,49,55)(H,58,59);9-17,24,30,34,37-39H,18-20H2,1-8H3,(H,43,48)(H,44,49)/p-1/t23-,33?,37?,40-,41?,42?,45?;/m1./s1. The lowest BCUT2D eigenvalue weighted by atomic mass is 9.71. The van der Waals surface area contributed by atoms with Crippen LogP contribution >= 0.6 is 0 Å². The molecule has 2 fully saturated rings. The lowest BCUT2D eigenvalue weighted by molar-refractivity contribution is -0.386. The normalized spacial score (nSPS) is 21.7. The SMILES string of the molecule is CC(=O)OCC1OC(OC(c2ccccc2)c2ccc(NC(=O)CC(C)(C)C3=C(C)C(=O)C(C)=C(C)C3=O)cc2)C(NC(=O)CN=[N+]=[N-])C(C)C1OC(C)=O.CC(=O)OC[C@@H](C)[C@@H](OC(C)=O)C1OC(OC(c2ccccc2)c2ccc(NC(=O)CC(C)(C)C3=C(C)C(=O)C(C)=C(C)C3=O)cc2)(C(=O)[O-])CC(OC(C)=O)C1NC(=O)CN=[N+]=[N-]. The highest BCUT2D eigenvalue weighted by molar-refractivity contribution is 6.26. The molecule has 4 N–H and O–H groups in total. The Morgan fingerprint density at radius 2 is 0.966 bits per heavy atom. The number of rotatable bonds is 32. The summed E-state index contributed by atoms with van der Waals surface area (Å²) in [6.07, 6.45) is -11.0. The first-order valence-corrected chi connectivity index (χ1v) is 38.1. The highest BCUT2D eigenvalue weighted by Crippen LogP contribution is 2.45. The molecule has 4 aliphatic rings. The van der Waals surface area contributed by atoms with Crippen molar-refractivity contribution in [2.75, 3.05) is 36.9 Å². The van der Waals surface area contributed by atoms with E-state index in [0.717, 1.165) is 20.8 Å². The Kier molecular flexibility index (Phi) is 32.5. The number of amides is 4. The third kappa shape index (κ3) is 24.2. The molecule has 4 aromatic carbocycles. The van der Waals surface area contributed by atoms with E-state index in [1.807, 2.05) is 30.3 Å². The molecule has 0 saturated carbocycles. The van der Waals surface area contributed by atoms with Gasteiger partial charge in [-0.3, -0.25) is 62.3 Å². The zero-order valence-corrected chi connectivity index (χ0v) is 69.3. The number of nitrogens with zero attached hydrogens (tertiary/aromatic N) is 6. The second-order valence-corrected chi connectivity index (χ2v) is 30.7. The van der Waals surface area contributed by atoms with E-state index < -0.39 is 163 Å². The van der Waals surface area contributed by atoms with Crippen molar-refractivity contribution >= 4 is 94.0 Å². The highest BCUT2D eigenvalue weighted by atomic mass is 16.7. The molecule has 2 aliphatic carbocycles. The van der Waals surface area contributed by atoms with Crippen LogP contribution in [-0.4, -0.2) is 164 Å². The average Bonchev–Trinajstić information content (AvgIpc) is 0.783. The summed E-state index contributed by atoms with van der Waals surface area (Å²) < 4.78 is 53.0. The predicted molar refractivity (Wildman–Crippen MR) is 424 cm³/mol. The number of anilines is 2. The molecule has 8 rings (SSSR count). The third-order valence-electron chi connectivity index (χ3n) is 20.6. The first kappa shape index (κ1) is 93.8. The van der Waals surface area contributed by atoms with Gasteiger partial charge in [0.05, 0.1) is 18.7 Å². The van der Waals surface area contributed by atoms with Crippen LogP contribution in [0, 0.1) is 22.7 Å². The van der Waals surface area contributed by atoms with Gasteiger partial charge >= 0.3 is 29.8 Å². The summed E-state index contributed by atoms with van der Waals surface area (Å²) in [5, 5.41) is 31.2. The van der Waals surface area contributed by atoms with E-state index in [4.69, 9.17) is 53.7 Å². The fourth-order valence-electron chi connectivity index (χ4n) is 14.8. The average molecular weight is 1640 g/mol. The molecule has 4 aromatic rings. The van der Waals surface area contributed by atoms with Crippen LogP contribution in [0.15, 0.2) is 164 Å². The number of ether oxygens (including phenoxy) is 9. The maximum Gasteiger partial charge on any atom is 0.303 e. The van der Waals surface area contributed by atoms with Crippen molar-refractivity contribution in [2.24, 2.45) is 32.9 Å². The van der Waals surface area contributed by atoms with Gasteiger partial charge < -0.3 is 73.8 Å². The van der Waals surface area contributed by atoms with Crippen LogP contribution in [-0.2, 0) is 110 Å². The van der Waals surface area contributed by atoms with E-state index in [0.29, 0.717) is 67.1 Å². The van der Waals surface area contributed by atoms with Crippen LogP contribution in [0.25, 0.3) is 20.9 Å². The zero-order valence-electron chi connectivity index (χ0n) is 69.3. The van der Waals surface area contributed by atoms with Crippen molar-refractivity contribution in [1.29, 1.82) is 0 Å². The molecule has 13 atom stereocenters. The number of azide groups is 2. The number of hydrogen-bond acceptors (Lipinski definition) is 26. The number of nitrogens with one attached hydrogen (secondary N) is 4. The molecule has 2 heterocycles. The Morgan fingerprint density at radius 3 is 1.39 bits per heavy atom. The van der Waals surface area contributed by atoms with Gasteiger partial charge in [0, 0.05) is 142 Å². The van der Waals surface area contributed by atoms with Crippen LogP contribution in [0.5, 0.6) is 0 Å². The first-order chi connectivity index (χ1) is 56.0. The van der Waals surface area contributed by atoms with Crippen molar-refractivity contribution in [3.63, 3.8) is 0 Å². The van der Waals surface area contributed by atoms with Crippen LogP contribution in [0.4, 0.5) is 11.4 Å². The lowest BCUT2D eigenvalue weighted by Crippen LogP contribution is -2.70. The molecule has 0 spiro atoms. The number of carbonyl (C=O) groups is 14. The largest absolute Gasteiger partial charge is 0.544 e. The Hall–Kier alpha value is -12.3. The molecule has 119 heavy (non-hydrogen) atoms. The molecule has 2 aliphatic heterocycles. The van der Waals surface area contributed by atoms with Gasteiger partial charge in [0.25, 0.3) is 0 Å². The second-order valence-electron chi connectivity index (χ2n) is 30.7. The molecule has 2 saturated heterocycles. The number of carbonyl (C=O) groups excluding carboxylic acids is 14. The monoisotopic (exact) mass is 1640 g/mol. The number of benzene rings is 4. The van der Waals surface area contributed by atoms with E-state index in [1.54, 1.807) is 143 Å². The van der Waals surface area contributed by atoms with Crippen LogP contribution < -0.4 is 26.4 Å². The number of carboxylic acid groups (broad SMARTS) is 1. The predicted octanol–water partition coefficient (Wildman–Crippen LogP) is 9.65. The third-order valence-corrected chi connectivity index (χ3v) is 20.6. The number of ketones is 4. The first-order valence-electron chi connectivity index (χ1n) is 38.1. The molecule has 4 amide bonds. The number of Topliss-reactive ketones (excluding diaryl/α,β-unsaturated/α-hetero) is 4. The van der Waals surface area contributed by atoms with Crippen LogP contribution in [0.1, 0.15) is 171 Å². The van der Waals surface area contributed by atoms with Crippen molar-refractivity contribution in [3.05, 3.63) is 197 Å². The lowest BCUT2D eigenvalue weighted by Gasteiger charge is -2.51. The van der Waals surface area contributed by atoms with E-state index in [-0.39, 0.29) is 66.2 Å². The fourth-order valence-corrected chi connectivity index (χ4v) is 14.8. The summed E-state index contributed by atoms with van der Waals surface area (Å²) in [6.45, 7) is 23.6. The van der Waals surface area contributed by atoms with Gasteiger partial charge in [0.2, 0.25) is 29.4 Å². The molecular weight excluding hydrogens is 1540 g/mol. The maximum atomic E-state index is 13.5. The van der Waals surface area contributed by atoms with Gasteiger partial charge in [-0.25, -0.2) is 0 Å². The molecule has 11 unspecified atom stereocenters. The fraction of sp³-hybridized carbons (Fsp3) is 0.459. The summed E-state index contributed by atoms with van der Waals surface area (Å²) in [6, 6.07) is 28.2. The number of carboxylic acids is 1. The molecular formula is C85H99N10O24-. The van der Waals surface area contributed by atoms with E-state index in [9.17, 15) is 72.2 Å². The minimum absolute atomic E-state index is 0.0602. The highest BCUT2D eigenvalue weighted by Gasteiger charge is 2.57. The summed E-state index contributed by atoms with van der Waals surface area (Å²) in [4.78, 5) is 185. The molecule has 0 radical (unpaired) electrons. The van der Waals surface area contributed by atoms with Crippen molar-refractivity contribution in [2.45, 2.75) is 204 Å². The molecule has 634 valence electrons. The van der Waals surface area contributed by atoms with Gasteiger partial charge in [0.15, 0.2) is 29.4 Å². The Labute approximate surface area is 687 Å². The topological polar surface area (TPSA) is 491 Å². The van der Waals surface area contributed by atoms with Gasteiger partial charge in [0.1, 0.15) is 68.4 Å². The minimum atomic E-state index is -2.83. The summed E-state index contributed by atoms with van der Waals surface area (Å²) in [5.41, 5.74) is 21.3. The van der Waals surface area contributed by atoms with Gasteiger partial charge in [-0.1, -0.05) is 137 Å². The summed E-state index contributed by atoms with van der Waals surface area (Å²) in [7, 11) is 0. The zero-order chi connectivity index (χ0) is 88.3. The smallest absolute Gasteiger partial charge is 0.303 e. The summed E-state index contributed by atoms with van der Waals surface area (Å²) in [5.74, 6) is -13.3. The van der Waals surface area contributed by atoms with Crippen molar-refractivity contribution < 1.29 is 115 Å². The Bertz CT molecular complexity index is 4810. The molecule has 34 nitrogen and oxygen atoms in total.